The lowest BCUT2D eigenvalue weighted by atomic mass is 9.75. The highest BCUT2D eigenvalue weighted by Gasteiger charge is 2.59. The second-order valence-electron chi connectivity index (χ2n) is 8.21. The molecule has 33 heavy (non-hydrogen) atoms. The summed E-state index contributed by atoms with van der Waals surface area (Å²) in [5, 5.41) is 19.4. The molecule has 2 fully saturated rings. The lowest BCUT2D eigenvalue weighted by Crippen LogP contribution is -2.55. The number of nitrogens with zero attached hydrogens (tertiary/aromatic N) is 3. The molecule has 6 nitrogen and oxygen atoms in total. The van der Waals surface area contributed by atoms with Gasteiger partial charge >= 0.3 is 6.18 Å². The Balaban J connectivity index is 1.61. The average Bonchev–Trinajstić information content (AvgIpc) is 3.27. The average molecular weight is 470 g/mol. The molecular formula is C23H17F3N4O2S. The summed E-state index contributed by atoms with van der Waals surface area (Å²) in [6, 6.07) is 12.0. The Labute approximate surface area is 191 Å². The van der Waals surface area contributed by atoms with Crippen LogP contribution in [-0.4, -0.2) is 26.6 Å². The molecule has 0 unspecified atom stereocenters. The number of aromatic amines is 1. The second-order valence-corrected chi connectivity index (χ2v) is 8.57. The molecule has 2 aliphatic rings. The van der Waals surface area contributed by atoms with Crippen molar-refractivity contribution in [2.45, 2.75) is 37.6 Å². The number of aliphatic hydroxyl groups excluding tert-OH is 1. The summed E-state index contributed by atoms with van der Waals surface area (Å²) >= 11 is 5.64. The Hall–Kier alpha value is -3.42. The molecule has 168 valence electrons. The molecule has 2 heterocycles. The van der Waals surface area contributed by atoms with Gasteiger partial charge in [0.1, 0.15) is 5.54 Å². The number of aliphatic hydroxyl groups is 1. The first-order valence-electron chi connectivity index (χ1n) is 10.2. The number of aromatic nitrogens is 1. The third-order valence-corrected chi connectivity index (χ3v) is 6.73. The van der Waals surface area contributed by atoms with E-state index in [0.717, 1.165) is 34.4 Å². The van der Waals surface area contributed by atoms with Crippen LogP contribution in [0.25, 0.3) is 10.9 Å². The number of carbonyl (C=O) groups is 1. The zero-order chi connectivity index (χ0) is 23.5. The van der Waals surface area contributed by atoms with Crippen LogP contribution in [0.1, 0.15) is 36.1 Å². The van der Waals surface area contributed by atoms with Crippen molar-refractivity contribution in [1.82, 2.24) is 4.98 Å². The first-order valence-corrected chi connectivity index (χ1v) is 10.6. The zero-order valence-electron chi connectivity index (χ0n) is 17.1. The van der Waals surface area contributed by atoms with Crippen molar-refractivity contribution in [1.29, 1.82) is 5.26 Å². The Morgan fingerprint density at radius 2 is 1.88 bits per heavy atom. The maximum absolute atomic E-state index is 13.5. The summed E-state index contributed by atoms with van der Waals surface area (Å²) < 4.78 is 40.6. The van der Waals surface area contributed by atoms with E-state index in [0.29, 0.717) is 24.2 Å². The molecule has 1 aromatic heterocycles. The number of hydrogen-bond donors (Lipinski definition) is 2. The molecule has 2 aromatic carbocycles. The van der Waals surface area contributed by atoms with E-state index in [1.54, 1.807) is 23.1 Å². The Bertz CT molecular complexity index is 1350. The number of amides is 1. The van der Waals surface area contributed by atoms with Gasteiger partial charge in [0.2, 0.25) is 0 Å². The number of hydrogen-bond acceptors (Lipinski definition) is 4. The van der Waals surface area contributed by atoms with Crippen molar-refractivity contribution in [3.8, 4) is 6.07 Å². The summed E-state index contributed by atoms with van der Waals surface area (Å²) in [6.45, 7) is -0.150. The summed E-state index contributed by atoms with van der Waals surface area (Å²) in [5.74, 6) is -0.373. The van der Waals surface area contributed by atoms with Crippen LogP contribution in [0.3, 0.4) is 0 Å². The predicted octanol–water partition coefficient (Wildman–Crippen LogP) is 4.61. The summed E-state index contributed by atoms with van der Waals surface area (Å²) in [4.78, 5) is 19.5. The van der Waals surface area contributed by atoms with Gasteiger partial charge in [-0.1, -0.05) is 0 Å². The third kappa shape index (κ3) is 3.11. The van der Waals surface area contributed by atoms with Gasteiger partial charge < -0.3 is 15.0 Å². The summed E-state index contributed by atoms with van der Waals surface area (Å²) in [5.41, 5.74) is -0.499. The predicted molar refractivity (Wildman–Crippen MR) is 120 cm³/mol. The standard InChI is InChI=1S/C23H17F3N4O2S/c24-23(25,26)18-10-16(3-2-13(18)11-27)29-20(32)22(6-1-7-22)30(21(29)33)17-4-5-19-14(9-17)8-15(12-31)28-19/h2-5,8-10,28,31H,1,6-7,12H2. The molecule has 0 radical (unpaired) electrons. The van der Waals surface area contributed by atoms with Gasteiger partial charge in [0.25, 0.3) is 5.91 Å². The first-order chi connectivity index (χ1) is 15.7. The fraction of sp³-hybridized carbons (Fsp3) is 0.261. The number of thiocarbonyl (C=S) groups is 1. The SMILES string of the molecule is N#Cc1ccc(N2C(=O)C3(CCC3)N(c3ccc4[nH]c(CO)cc4c3)C2=S)cc1C(F)(F)F. The molecule has 1 saturated carbocycles. The number of alkyl halides is 3. The number of benzene rings is 2. The quantitative estimate of drug-likeness (QED) is 0.547. The minimum absolute atomic E-state index is 0.0182. The van der Waals surface area contributed by atoms with Crippen LogP contribution in [0, 0.1) is 11.3 Å². The van der Waals surface area contributed by atoms with E-state index in [4.69, 9.17) is 17.5 Å². The van der Waals surface area contributed by atoms with Crippen molar-refractivity contribution >= 4 is 45.5 Å². The van der Waals surface area contributed by atoms with E-state index >= 15 is 0 Å². The van der Waals surface area contributed by atoms with E-state index in [-0.39, 0.29) is 23.3 Å². The smallest absolute Gasteiger partial charge is 0.390 e. The molecule has 2 N–H and O–H groups in total. The summed E-state index contributed by atoms with van der Waals surface area (Å²) in [6.07, 6.45) is -2.90. The normalized spacial score (nSPS) is 17.7. The van der Waals surface area contributed by atoms with E-state index in [9.17, 15) is 23.1 Å². The van der Waals surface area contributed by atoms with Gasteiger partial charge in [0, 0.05) is 22.3 Å². The molecular weight excluding hydrogens is 453 g/mol. The number of carbonyl (C=O) groups excluding carboxylic acids is 1. The van der Waals surface area contributed by atoms with Gasteiger partial charge in [-0.25, -0.2) is 0 Å². The topological polar surface area (TPSA) is 83.4 Å². The maximum Gasteiger partial charge on any atom is 0.417 e. The maximum atomic E-state index is 13.5. The van der Waals surface area contributed by atoms with Crippen molar-refractivity contribution in [2.75, 3.05) is 9.80 Å². The van der Waals surface area contributed by atoms with Gasteiger partial charge in [0.05, 0.1) is 29.5 Å². The van der Waals surface area contributed by atoms with Crippen molar-refractivity contribution in [3.05, 3.63) is 59.3 Å². The van der Waals surface area contributed by atoms with Crippen LogP contribution in [-0.2, 0) is 17.6 Å². The van der Waals surface area contributed by atoms with Gasteiger partial charge in [-0.05, 0) is 73.9 Å². The van der Waals surface area contributed by atoms with Crippen LogP contribution >= 0.6 is 12.2 Å². The van der Waals surface area contributed by atoms with Gasteiger partial charge in [0.15, 0.2) is 5.11 Å². The molecule has 1 aliphatic carbocycles. The van der Waals surface area contributed by atoms with Crippen LogP contribution in [0.15, 0.2) is 42.5 Å². The Morgan fingerprint density at radius 1 is 1.15 bits per heavy atom. The molecule has 3 aromatic rings. The Kier molecular flexibility index (Phi) is 4.74. The fourth-order valence-corrected chi connectivity index (χ4v) is 5.08. The fourth-order valence-electron chi connectivity index (χ4n) is 4.62. The lowest BCUT2D eigenvalue weighted by Gasteiger charge is -2.43. The first kappa shape index (κ1) is 21.4. The molecule has 10 heteroatoms. The lowest BCUT2D eigenvalue weighted by molar-refractivity contribution is -0.137. The van der Waals surface area contributed by atoms with Gasteiger partial charge in [-0.2, -0.15) is 18.4 Å². The molecule has 1 aliphatic heterocycles. The number of rotatable bonds is 3. The van der Waals surface area contributed by atoms with Gasteiger partial charge in [-0.3, -0.25) is 9.69 Å². The van der Waals surface area contributed by atoms with E-state index < -0.39 is 22.8 Å². The highest BCUT2D eigenvalue weighted by atomic mass is 32.1. The molecule has 0 bridgehead atoms. The highest BCUT2D eigenvalue weighted by molar-refractivity contribution is 7.81. The number of anilines is 2. The number of nitrogens with one attached hydrogen (secondary N) is 1. The summed E-state index contributed by atoms with van der Waals surface area (Å²) in [7, 11) is 0. The minimum Gasteiger partial charge on any atom is -0.390 e. The Morgan fingerprint density at radius 3 is 2.48 bits per heavy atom. The van der Waals surface area contributed by atoms with E-state index in [2.05, 4.69) is 4.98 Å². The van der Waals surface area contributed by atoms with Crippen molar-refractivity contribution in [3.63, 3.8) is 0 Å². The van der Waals surface area contributed by atoms with Crippen LogP contribution in [0.4, 0.5) is 24.5 Å². The van der Waals surface area contributed by atoms with Crippen LogP contribution in [0.2, 0.25) is 0 Å². The molecule has 1 amide bonds. The highest BCUT2D eigenvalue weighted by Crippen LogP contribution is 2.48. The van der Waals surface area contributed by atoms with Crippen LogP contribution in [0.5, 0.6) is 0 Å². The molecule has 0 atom stereocenters. The monoisotopic (exact) mass is 470 g/mol. The van der Waals surface area contributed by atoms with Crippen LogP contribution < -0.4 is 9.80 Å². The van der Waals surface area contributed by atoms with Gasteiger partial charge in [-0.15, -0.1) is 0 Å². The molecule has 1 saturated heterocycles. The van der Waals surface area contributed by atoms with E-state index in [1.807, 2.05) is 12.1 Å². The second kappa shape index (κ2) is 7.30. The number of H-pyrrole nitrogens is 1. The largest absolute Gasteiger partial charge is 0.417 e. The molecule has 5 rings (SSSR count). The van der Waals surface area contributed by atoms with Crippen molar-refractivity contribution < 1.29 is 23.1 Å². The number of nitriles is 1. The molecule has 1 spiro atoms. The number of fused-ring (bicyclic) bond motifs is 1. The van der Waals surface area contributed by atoms with E-state index in [1.165, 1.54) is 6.07 Å². The third-order valence-electron chi connectivity index (χ3n) is 6.37. The number of halogens is 3. The minimum atomic E-state index is -4.75. The zero-order valence-corrected chi connectivity index (χ0v) is 17.9. The van der Waals surface area contributed by atoms with Crippen molar-refractivity contribution in [2.24, 2.45) is 0 Å².